The summed E-state index contributed by atoms with van der Waals surface area (Å²) in [7, 11) is 0. The molecule has 1 amide bonds. The molecule has 0 aliphatic carbocycles. The Labute approximate surface area is 162 Å². The zero-order valence-electron chi connectivity index (χ0n) is 13.7. The number of amides is 1. The molecule has 5 nitrogen and oxygen atoms in total. The van der Waals surface area contributed by atoms with E-state index in [1.807, 2.05) is 41.0 Å². The Morgan fingerprint density at radius 2 is 2.15 bits per heavy atom. The van der Waals surface area contributed by atoms with Crippen LogP contribution in [0.3, 0.4) is 0 Å². The maximum absolute atomic E-state index is 12.7. The Balaban J connectivity index is 1.70. The van der Waals surface area contributed by atoms with E-state index in [1.165, 1.54) is 11.3 Å². The standard InChI is InChI=1S/C19H15BrN2O3S/c1-2-9-22-13-8-7-12(20)10-17(13)26-19(22)21-18(23)16-11-24-14-5-3-4-6-15(14)25-16/h2-8,10,16H,1,9,11H2. The molecule has 1 aliphatic rings. The van der Waals surface area contributed by atoms with Crippen LogP contribution in [0.2, 0.25) is 0 Å². The fourth-order valence-corrected chi connectivity index (χ4v) is 4.34. The molecule has 2 heterocycles. The lowest BCUT2D eigenvalue weighted by Crippen LogP contribution is -2.36. The Morgan fingerprint density at radius 1 is 1.35 bits per heavy atom. The first kappa shape index (κ1) is 17.1. The molecule has 1 aromatic heterocycles. The van der Waals surface area contributed by atoms with Crippen LogP contribution in [0.15, 0.2) is 64.6 Å². The van der Waals surface area contributed by atoms with Gasteiger partial charge in [-0.15, -0.1) is 6.58 Å². The van der Waals surface area contributed by atoms with E-state index in [0.717, 1.165) is 14.7 Å². The maximum atomic E-state index is 12.7. The number of carbonyl (C=O) groups excluding carboxylic acids is 1. The number of para-hydroxylation sites is 2. The molecule has 0 fully saturated rings. The van der Waals surface area contributed by atoms with E-state index in [-0.39, 0.29) is 12.5 Å². The van der Waals surface area contributed by atoms with E-state index in [1.54, 1.807) is 12.1 Å². The molecule has 26 heavy (non-hydrogen) atoms. The van der Waals surface area contributed by atoms with Gasteiger partial charge >= 0.3 is 0 Å². The predicted octanol–water partition coefficient (Wildman–Crippen LogP) is 3.92. The average Bonchev–Trinajstić information content (AvgIpc) is 2.98. The number of fused-ring (bicyclic) bond motifs is 2. The second-order valence-corrected chi connectivity index (χ2v) is 7.64. The summed E-state index contributed by atoms with van der Waals surface area (Å²) in [6, 6.07) is 13.3. The normalized spacial score (nSPS) is 16.7. The zero-order chi connectivity index (χ0) is 18.1. The van der Waals surface area contributed by atoms with Crippen molar-refractivity contribution in [2.75, 3.05) is 6.61 Å². The number of ether oxygens (including phenoxy) is 2. The van der Waals surface area contributed by atoms with Crippen molar-refractivity contribution in [3.05, 3.63) is 64.4 Å². The first-order valence-electron chi connectivity index (χ1n) is 8.02. The Kier molecular flexibility index (Phi) is 4.65. The quantitative estimate of drug-likeness (QED) is 0.591. The van der Waals surface area contributed by atoms with Crippen molar-refractivity contribution < 1.29 is 14.3 Å². The molecule has 3 aromatic rings. The van der Waals surface area contributed by atoms with E-state index < -0.39 is 6.10 Å². The van der Waals surface area contributed by atoms with Crippen LogP contribution in [0.4, 0.5) is 0 Å². The van der Waals surface area contributed by atoms with Crippen LogP contribution in [0.25, 0.3) is 10.2 Å². The highest BCUT2D eigenvalue weighted by atomic mass is 79.9. The van der Waals surface area contributed by atoms with Gasteiger partial charge in [0.05, 0.1) is 10.2 Å². The summed E-state index contributed by atoms with van der Waals surface area (Å²) in [4.78, 5) is 17.6. The lowest BCUT2D eigenvalue weighted by Gasteiger charge is -2.23. The van der Waals surface area contributed by atoms with Gasteiger partial charge in [0.1, 0.15) is 6.61 Å². The Bertz CT molecular complexity index is 1070. The molecule has 132 valence electrons. The highest BCUT2D eigenvalue weighted by Gasteiger charge is 2.27. The zero-order valence-corrected chi connectivity index (χ0v) is 16.1. The van der Waals surface area contributed by atoms with Gasteiger partial charge in [0.2, 0.25) is 6.10 Å². The number of aromatic nitrogens is 1. The number of rotatable bonds is 3. The van der Waals surface area contributed by atoms with Gasteiger partial charge in [-0.2, -0.15) is 4.99 Å². The molecule has 0 radical (unpaired) electrons. The monoisotopic (exact) mass is 430 g/mol. The summed E-state index contributed by atoms with van der Waals surface area (Å²) in [5, 5.41) is 0. The third-order valence-corrected chi connectivity index (χ3v) is 5.48. The summed E-state index contributed by atoms with van der Waals surface area (Å²) in [6.45, 7) is 4.52. The summed E-state index contributed by atoms with van der Waals surface area (Å²) >= 11 is 4.93. The van der Waals surface area contributed by atoms with Crippen molar-refractivity contribution in [1.82, 2.24) is 4.57 Å². The number of carbonyl (C=O) groups is 1. The highest BCUT2D eigenvalue weighted by molar-refractivity contribution is 9.10. The first-order chi connectivity index (χ1) is 12.7. The van der Waals surface area contributed by atoms with E-state index in [9.17, 15) is 4.79 Å². The SMILES string of the molecule is C=CCn1c(=NC(=O)C2COc3ccccc3O2)sc2cc(Br)ccc21. The van der Waals surface area contributed by atoms with Crippen molar-refractivity contribution in [2.24, 2.45) is 4.99 Å². The molecule has 1 unspecified atom stereocenters. The topological polar surface area (TPSA) is 52.8 Å². The van der Waals surface area contributed by atoms with Crippen LogP contribution >= 0.6 is 27.3 Å². The number of benzene rings is 2. The van der Waals surface area contributed by atoms with Gasteiger partial charge in [-0.05, 0) is 30.3 Å². The summed E-state index contributed by atoms with van der Waals surface area (Å²) in [6.07, 6.45) is 1.03. The molecular weight excluding hydrogens is 416 g/mol. The van der Waals surface area contributed by atoms with Crippen molar-refractivity contribution >= 4 is 43.4 Å². The largest absolute Gasteiger partial charge is 0.485 e. The summed E-state index contributed by atoms with van der Waals surface area (Å²) in [5.41, 5.74) is 1.01. The fourth-order valence-electron chi connectivity index (χ4n) is 2.75. The molecule has 0 N–H and O–H groups in total. The van der Waals surface area contributed by atoms with Crippen molar-refractivity contribution in [1.29, 1.82) is 0 Å². The lowest BCUT2D eigenvalue weighted by atomic mass is 10.2. The van der Waals surface area contributed by atoms with Gasteiger partial charge in [0.25, 0.3) is 5.91 Å². The van der Waals surface area contributed by atoms with Gasteiger partial charge in [-0.1, -0.05) is 45.5 Å². The number of hydrogen-bond donors (Lipinski definition) is 0. The van der Waals surface area contributed by atoms with Crippen LogP contribution in [0.1, 0.15) is 0 Å². The molecule has 4 rings (SSSR count). The number of nitrogens with zero attached hydrogens (tertiary/aromatic N) is 2. The van der Waals surface area contributed by atoms with E-state index >= 15 is 0 Å². The van der Waals surface area contributed by atoms with E-state index in [2.05, 4.69) is 27.5 Å². The third-order valence-electron chi connectivity index (χ3n) is 3.95. The van der Waals surface area contributed by atoms with Crippen LogP contribution in [-0.2, 0) is 11.3 Å². The Hall–Kier alpha value is -2.38. The van der Waals surface area contributed by atoms with Crippen molar-refractivity contribution in [3.63, 3.8) is 0 Å². The minimum atomic E-state index is -0.751. The van der Waals surface area contributed by atoms with Crippen LogP contribution in [-0.4, -0.2) is 23.2 Å². The maximum Gasteiger partial charge on any atom is 0.292 e. The molecule has 1 atom stereocenters. The fraction of sp³-hybridized carbons (Fsp3) is 0.158. The van der Waals surface area contributed by atoms with Crippen LogP contribution in [0, 0.1) is 0 Å². The minimum absolute atomic E-state index is 0.150. The summed E-state index contributed by atoms with van der Waals surface area (Å²) < 4.78 is 15.4. The van der Waals surface area contributed by atoms with Gasteiger partial charge < -0.3 is 14.0 Å². The van der Waals surface area contributed by atoms with Gasteiger partial charge in [0, 0.05) is 11.0 Å². The predicted molar refractivity (Wildman–Crippen MR) is 105 cm³/mol. The average molecular weight is 431 g/mol. The van der Waals surface area contributed by atoms with Gasteiger partial charge in [-0.3, -0.25) is 4.79 Å². The smallest absolute Gasteiger partial charge is 0.292 e. The number of allylic oxidation sites excluding steroid dienone is 1. The molecule has 0 bridgehead atoms. The number of halogens is 1. The minimum Gasteiger partial charge on any atom is -0.485 e. The molecule has 0 saturated carbocycles. The number of hydrogen-bond acceptors (Lipinski definition) is 4. The highest BCUT2D eigenvalue weighted by Crippen LogP contribution is 2.31. The van der Waals surface area contributed by atoms with E-state index in [4.69, 9.17) is 9.47 Å². The first-order valence-corrected chi connectivity index (χ1v) is 9.63. The van der Waals surface area contributed by atoms with Crippen molar-refractivity contribution in [3.8, 4) is 11.5 Å². The molecule has 0 spiro atoms. The van der Waals surface area contributed by atoms with Crippen LogP contribution in [0.5, 0.6) is 11.5 Å². The molecule has 1 aliphatic heterocycles. The Morgan fingerprint density at radius 3 is 2.96 bits per heavy atom. The molecule has 0 saturated heterocycles. The molecule has 2 aromatic carbocycles. The van der Waals surface area contributed by atoms with Gasteiger partial charge in [-0.25, -0.2) is 0 Å². The van der Waals surface area contributed by atoms with Crippen LogP contribution < -0.4 is 14.3 Å². The van der Waals surface area contributed by atoms with Crippen molar-refractivity contribution in [2.45, 2.75) is 12.6 Å². The lowest BCUT2D eigenvalue weighted by molar-refractivity contribution is -0.127. The summed E-state index contributed by atoms with van der Waals surface area (Å²) in [5.74, 6) is 0.847. The molecular formula is C19H15BrN2O3S. The second kappa shape index (κ2) is 7.09. The number of thiazole rings is 1. The van der Waals surface area contributed by atoms with Gasteiger partial charge in [0.15, 0.2) is 16.3 Å². The van der Waals surface area contributed by atoms with E-state index in [0.29, 0.717) is 22.8 Å². The molecule has 7 heteroatoms. The second-order valence-electron chi connectivity index (χ2n) is 5.71. The third kappa shape index (κ3) is 3.20.